The summed E-state index contributed by atoms with van der Waals surface area (Å²) >= 11 is 0. The predicted molar refractivity (Wildman–Crippen MR) is 111 cm³/mol. The molecule has 7 heteroatoms. The van der Waals surface area contributed by atoms with Gasteiger partial charge in [-0.05, 0) is 74.2 Å². The van der Waals surface area contributed by atoms with Crippen molar-refractivity contribution in [3.8, 4) is 17.6 Å². The van der Waals surface area contributed by atoms with Gasteiger partial charge in [-0.2, -0.15) is 5.26 Å². The molecular formula is C23H25NO6. The number of phenols is 1. The quantitative estimate of drug-likeness (QED) is 0.340. The summed E-state index contributed by atoms with van der Waals surface area (Å²) in [5.74, 6) is -0.476. The SMILES string of the molecule is C=CC(=O)OCCCCCCOc1ccc(C(=O)O)cc1.N#Cc1ccc(O)cc1. The van der Waals surface area contributed by atoms with Crippen LogP contribution in [0.3, 0.4) is 0 Å². The van der Waals surface area contributed by atoms with Crippen molar-refractivity contribution in [2.24, 2.45) is 0 Å². The second-order valence-electron chi connectivity index (χ2n) is 6.12. The van der Waals surface area contributed by atoms with Crippen molar-refractivity contribution in [3.05, 3.63) is 72.3 Å². The molecule has 0 bridgehead atoms. The summed E-state index contributed by atoms with van der Waals surface area (Å²) in [7, 11) is 0. The molecule has 0 aromatic heterocycles. The summed E-state index contributed by atoms with van der Waals surface area (Å²) in [6, 6.07) is 14.4. The molecule has 2 N–H and O–H groups in total. The smallest absolute Gasteiger partial charge is 0.335 e. The number of ether oxygens (including phenoxy) is 2. The molecular weight excluding hydrogens is 386 g/mol. The highest BCUT2D eigenvalue weighted by atomic mass is 16.5. The largest absolute Gasteiger partial charge is 0.508 e. The second kappa shape index (κ2) is 14.2. The Morgan fingerprint density at radius 1 is 0.967 bits per heavy atom. The molecule has 2 aromatic rings. The molecule has 0 aliphatic rings. The zero-order chi connectivity index (χ0) is 22.2. The maximum Gasteiger partial charge on any atom is 0.335 e. The lowest BCUT2D eigenvalue weighted by Crippen LogP contribution is -2.02. The van der Waals surface area contributed by atoms with Crippen molar-refractivity contribution >= 4 is 11.9 Å². The first kappa shape index (κ1) is 24.2. The summed E-state index contributed by atoms with van der Waals surface area (Å²) in [4.78, 5) is 21.5. The molecule has 0 saturated carbocycles. The summed E-state index contributed by atoms with van der Waals surface area (Å²) in [5.41, 5.74) is 0.809. The van der Waals surface area contributed by atoms with Crippen LogP contribution in [-0.2, 0) is 9.53 Å². The number of nitriles is 1. The fourth-order valence-corrected chi connectivity index (χ4v) is 2.21. The average molecular weight is 411 g/mol. The van der Waals surface area contributed by atoms with Crippen LogP contribution < -0.4 is 4.74 Å². The summed E-state index contributed by atoms with van der Waals surface area (Å²) in [6.45, 7) is 4.32. The van der Waals surface area contributed by atoms with E-state index >= 15 is 0 Å². The van der Waals surface area contributed by atoms with Crippen molar-refractivity contribution in [3.63, 3.8) is 0 Å². The number of esters is 1. The Bertz CT molecular complexity index is 837. The number of carbonyl (C=O) groups excluding carboxylic acids is 1. The monoisotopic (exact) mass is 411 g/mol. The van der Waals surface area contributed by atoms with Crippen LogP contribution >= 0.6 is 0 Å². The first-order valence-corrected chi connectivity index (χ1v) is 9.40. The van der Waals surface area contributed by atoms with Gasteiger partial charge in [-0.3, -0.25) is 0 Å². The van der Waals surface area contributed by atoms with Crippen molar-refractivity contribution in [2.75, 3.05) is 13.2 Å². The second-order valence-corrected chi connectivity index (χ2v) is 6.12. The molecule has 0 amide bonds. The summed E-state index contributed by atoms with van der Waals surface area (Å²) in [5, 5.41) is 25.8. The number of aromatic hydroxyl groups is 1. The lowest BCUT2D eigenvalue weighted by Gasteiger charge is -2.06. The molecule has 30 heavy (non-hydrogen) atoms. The molecule has 0 saturated heterocycles. The van der Waals surface area contributed by atoms with Crippen LogP contribution in [0.5, 0.6) is 11.5 Å². The molecule has 0 unspecified atom stereocenters. The summed E-state index contributed by atoms with van der Waals surface area (Å²) < 4.78 is 10.4. The third kappa shape index (κ3) is 10.5. The molecule has 2 aromatic carbocycles. The number of rotatable bonds is 10. The van der Waals surface area contributed by atoms with E-state index in [1.54, 1.807) is 24.3 Å². The number of carboxylic acids is 1. The first-order chi connectivity index (χ1) is 14.5. The highest BCUT2D eigenvalue weighted by Crippen LogP contribution is 2.13. The van der Waals surface area contributed by atoms with Crippen molar-refractivity contribution < 1.29 is 29.3 Å². The van der Waals surface area contributed by atoms with Gasteiger partial charge in [0.15, 0.2) is 0 Å². The molecule has 0 atom stereocenters. The van der Waals surface area contributed by atoms with Gasteiger partial charge in [0.1, 0.15) is 11.5 Å². The number of carbonyl (C=O) groups is 2. The fraction of sp³-hybridized carbons (Fsp3) is 0.261. The van der Waals surface area contributed by atoms with Crippen LogP contribution in [0.2, 0.25) is 0 Å². The Morgan fingerprint density at radius 3 is 2.10 bits per heavy atom. The third-order valence-corrected chi connectivity index (χ3v) is 3.82. The molecule has 2 rings (SSSR count). The molecule has 0 aliphatic heterocycles. The van der Waals surface area contributed by atoms with Crippen molar-refractivity contribution in [2.45, 2.75) is 25.7 Å². The maximum absolute atomic E-state index is 10.8. The molecule has 0 radical (unpaired) electrons. The zero-order valence-corrected chi connectivity index (χ0v) is 16.6. The summed E-state index contributed by atoms with van der Waals surface area (Å²) in [6.07, 6.45) is 4.83. The Labute approximate surface area is 175 Å². The minimum Gasteiger partial charge on any atom is -0.508 e. The molecule has 0 aliphatic carbocycles. The molecule has 158 valence electrons. The maximum atomic E-state index is 10.8. The highest BCUT2D eigenvalue weighted by Gasteiger charge is 2.02. The van der Waals surface area contributed by atoms with Gasteiger partial charge in [0, 0.05) is 6.08 Å². The number of hydrogen-bond donors (Lipinski definition) is 2. The molecule has 0 fully saturated rings. The van der Waals surface area contributed by atoms with Gasteiger partial charge < -0.3 is 19.7 Å². The normalized spacial score (nSPS) is 9.43. The van der Waals surface area contributed by atoms with E-state index in [1.165, 1.54) is 24.3 Å². The molecule has 0 spiro atoms. The van der Waals surface area contributed by atoms with Gasteiger partial charge >= 0.3 is 11.9 Å². The topological polar surface area (TPSA) is 117 Å². The van der Waals surface area contributed by atoms with Crippen LogP contribution in [0.25, 0.3) is 0 Å². The number of nitrogens with zero attached hydrogens (tertiary/aromatic N) is 1. The Balaban J connectivity index is 0.000000414. The van der Waals surface area contributed by atoms with E-state index in [2.05, 4.69) is 6.58 Å². The van der Waals surface area contributed by atoms with Gasteiger partial charge in [0.05, 0.1) is 30.4 Å². The number of benzene rings is 2. The van der Waals surface area contributed by atoms with Crippen molar-refractivity contribution in [1.82, 2.24) is 0 Å². The number of carboxylic acid groups (broad SMARTS) is 1. The standard InChI is InChI=1S/C16H20O5.C7H5NO/c1-2-15(17)21-12-6-4-3-5-11-20-14-9-7-13(8-10-14)16(18)19;8-5-6-1-3-7(9)4-2-6/h2,7-10H,1,3-6,11-12H2,(H,18,19);1-4,9H. The molecule has 0 heterocycles. The average Bonchev–Trinajstić information content (AvgIpc) is 2.76. The van der Waals surface area contributed by atoms with E-state index in [9.17, 15) is 9.59 Å². The molecule has 7 nitrogen and oxygen atoms in total. The number of aromatic carboxylic acids is 1. The minimum atomic E-state index is -0.946. The van der Waals surface area contributed by atoms with E-state index < -0.39 is 5.97 Å². The fourth-order valence-electron chi connectivity index (χ4n) is 2.21. The van der Waals surface area contributed by atoms with E-state index in [0.717, 1.165) is 31.8 Å². The van der Waals surface area contributed by atoms with Gasteiger partial charge in [-0.25, -0.2) is 9.59 Å². The Kier molecular flexibility index (Phi) is 11.5. The minimum absolute atomic E-state index is 0.189. The zero-order valence-electron chi connectivity index (χ0n) is 16.6. The predicted octanol–water partition coefficient (Wildman–Crippen LogP) is 4.32. The van der Waals surface area contributed by atoms with Crippen LogP contribution in [0.15, 0.2) is 61.2 Å². The number of phenolic OH excluding ortho intramolecular Hbond substituents is 1. The van der Waals surface area contributed by atoms with E-state index in [-0.39, 0.29) is 17.3 Å². The Hall–Kier alpha value is -3.79. The van der Waals surface area contributed by atoms with E-state index in [0.29, 0.717) is 24.5 Å². The van der Waals surface area contributed by atoms with Crippen molar-refractivity contribution in [1.29, 1.82) is 5.26 Å². The lowest BCUT2D eigenvalue weighted by molar-refractivity contribution is -0.137. The van der Waals surface area contributed by atoms with Crippen LogP contribution in [0, 0.1) is 11.3 Å². The Morgan fingerprint density at radius 2 is 1.57 bits per heavy atom. The van der Waals surface area contributed by atoms with Crippen LogP contribution in [-0.4, -0.2) is 35.4 Å². The van der Waals surface area contributed by atoms with Gasteiger partial charge in [0.2, 0.25) is 0 Å². The highest BCUT2D eigenvalue weighted by molar-refractivity contribution is 5.87. The third-order valence-electron chi connectivity index (χ3n) is 3.82. The van der Waals surface area contributed by atoms with Crippen LogP contribution in [0.1, 0.15) is 41.6 Å². The van der Waals surface area contributed by atoms with Gasteiger partial charge in [-0.1, -0.05) is 6.58 Å². The van der Waals surface area contributed by atoms with Gasteiger partial charge in [-0.15, -0.1) is 0 Å². The first-order valence-electron chi connectivity index (χ1n) is 9.40. The van der Waals surface area contributed by atoms with Gasteiger partial charge in [0.25, 0.3) is 0 Å². The number of unbranched alkanes of at least 4 members (excludes halogenated alkanes) is 3. The number of hydrogen-bond acceptors (Lipinski definition) is 6. The van der Waals surface area contributed by atoms with Crippen LogP contribution in [0.4, 0.5) is 0 Å². The van der Waals surface area contributed by atoms with E-state index in [4.69, 9.17) is 24.9 Å². The van der Waals surface area contributed by atoms with E-state index in [1.807, 2.05) is 6.07 Å². The lowest BCUT2D eigenvalue weighted by atomic mass is 10.2.